The smallest absolute Gasteiger partial charge is 0.283 e. The zero-order valence-electron chi connectivity index (χ0n) is 16.0. The molecular formula is C20H17Cl2N5OS. The summed E-state index contributed by atoms with van der Waals surface area (Å²) in [5.41, 5.74) is 3.66. The maximum atomic E-state index is 12.6. The van der Waals surface area contributed by atoms with E-state index in [1.54, 1.807) is 18.2 Å². The fourth-order valence-electron chi connectivity index (χ4n) is 3.30. The van der Waals surface area contributed by atoms with Crippen LogP contribution >= 0.6 is 35.0 Å². The number of fused-ring (bicyclic) bond motifs is 1. The number of aliphatic imine (C=N–C) groups is 1. The van der Waals surface area contributed by atoms with Gasteiger partial charge in [-0.1, -0.05) is 30.1 Å². The molecule has 0 fully saturated rings. The van der Waals surface area contributed by atoms with Gasteiger partial charge in [0.15, 0.2) is 5.84 Å². The Morgan fingerprint density at radius 2 is 2.00 bits per heavy atom. The van der Waals surface area contributed by atoms with Crippen molar-refractivity contribution < 1.29 is 4.79 Å². The van der Waals surface area contributed by atoms with Crippen LogP contribution in [0.3, 0.4) is 0 Å². The quantitative estimate of drug-likeness (QED) is 0.639. The molecule has 1 amide bonds. The molecule has 0 spiro atoms. The van der Waals surface area contributed by atoms with Crippen LogP contribution in [0.25, 0.3) is 11.8 Å². The lowest BCUT2D eigenvalue weighted by atomic mass is 10.1. The second kappa shape index (κ2) is 7.48. The van der Waals surface area contributed by atoms with E-state index in [0.717, 1.165) is 34.1 Å². The summed E-state index contributed by atoms with van der Waals surface area (Å²) in [4.78, 5) is 16.7. The molecule has 148 valence electrons. The summed E-state index contributed by atoms with van der Waals surface area (Å²) in [5, 5.41) is 16.6. The highest BCUT2D eigenvalue weighted by Gasteiger charge is 2.35. The summed E-state index contributed by atoms with van der Waals surface area (Å²) < 4.78 is 2.00. The molecule has 0 atom stereocenters. The number of hydrogen-bond acceptors (Lipinski definition) is 4. The number of nitrogens with zero attached hydrogens (tertiary/aromatic N) is 4. The van der Waals surface area contributed by atoms with E-state index in [-0.39, 0.29) is 11.4 Å². The minimum Gasteiger partial charge on any atom is -0.316 e. The van der Waals surface area contributed by atoms with Crippen molar-refractivity contribution >= 4 is 63.0 Å². The van der Waals surface area contributed by atoms with Crippen molar-refractivity contribution in [2.24, 2.45) is 10.1 Å². The van der Waals surface area contributed by atoms with Crippen molar-refractivity contribution in [2.45, 2.75) is 27.2 Å². The Balaban J connectivity index is 1.77. The molecular weight excluding hydrogens is 429 g/mol. The molecule has 29 heavy (non-hydrogen) atoms. The van der Waals surface area contributed by atoms with Crippen molar-refractivity contribution in [3.8, 4) is 5.69 Å². The zero-order chi connectivity index (χ0) is 20.9. The molecule has 0 saturated heterocycles. The number of benzene rings is 1. The molecule has 3 heterocycles. The predicted molar refractivity (Wildman–Crippen MR) is 121 cm³/mol. The lowest BCUT2D eigenvalue weighted by Gasteiger charge is -2.20. The van der Waals surface area contributed by atoms with Gasteiger partial charge in [0.2, 0.25) is 5.17 Å². The third-order valence-corrected chi connectivity index (χ3v) is 6.31. The van der Waals surface area contributed by atoms with Gasteiger partial charge in [-0.15, -0.1) is 0 Å². The molecule has 4 rings (SSSR count). The number of thioether (sulfide) groups is 1. The molecule has 0 aliphatic carbocycles. The molecule has 2 aliphatic rings. The van der Waals surface area contributed by atoms with Crippen LogP contribution < -0.4 is 0 Å². The van der Waals surface area contributed by atoms with E-state index in [9.17, 15) is 4.79 Å². The molecule has 0 bridgehead atoms. The first-order valence-electron chi connectivity index (χ1n) is 8.93. The second-order valence-electron chi connectivity index (χ2n) is 6.62. The highest BCUT2D eigenvalue weighted by atomic mass is 35.5. The van der Waals surface area contributed by atoms with Gasteiger partial charge >= 0.3 is 0 Å². The average molecular weight is 446 g/mol. The molecule has 0 saturated carbocycles. The van der Waals surface area contributed by atoms with Crippen LogP contribution in [0, 0.1) is 19.3 Å². The van der Waals surface area contributed by atoms with Gasteiger partial charge in [-0.2, -0.15) is 15.1 Å². The van der Waals surface area contributed by atoms with Crippen molar-refractivity contribution in [2.75, 3.05) is 0 Å². The van der Waals surface area contributed by atoms with E-state index in [0.29, 0.717) is 15.2 Å². The molecule has 0 unspecified atom stereocenters. The van der Waals surface area contributed by atoms with Gasteiger partial charge in [-0.3, -0.25) is 10.2 Å². The third-order valence-electron chi connectivity index (χ3n) is 4.72. The summed E-state index contributed by atoms with van der Waals surface area (Å²) in [5.74, 6) is -0.402. The SMILES string of the molecule is CCC1=NN2C(=N)/C(=C\c3cc(C)n(-c4ccc(Cl)cc4Cl)c3C)C(=O)N=C2S1. The van der Waals surface area contributed by atoms with E-state index < -0.39 is 5.91 Å². The minimum absolute atomic E-state index is 0.0327. The number of aryl methyl sites for hydroxylation is 1. The summed E-state index contributed by atoms with van der Waals surface area (Å²) in [7, 11) is 0. The largest absolute Gasteiger partial charge is 0.316 e. The summed E-state index contributed by atoms with van der Waals surface area (Å²) in [6, 6.07) is 7.28. The molecule has 6 nitrogen and oxygen atoms in total. The molecule has 0 radical (unpaired) electrons. The fraction of sp³-hybridized carbons (Fsp3) is 0.200. The van der Waals surface area contributed by atoms with Gasteiger partial charge in [-0.25, -0.2) is 0 Å². The Bertz CT molecular complexity index is 1160. The first kappa shape index (κ1) is 19.9. The topological polar surface area (TPSA) is 73.8 Å². The maximum absolute atomic E-state index is 12.6. The van der Waals surface area contributed by atoms with E-state index in [1.165, 1.54) is 16.8 Å². The van der Waals surface area contributed by atoms with Crippen LogP contribution in [0.15, 0.2) is 39.9 Å². The monoisotopic (exact) mass is 445 g/mol. The van der Waals surface area contributed by atoms with Crippen molar-refractivity contribution in [3.05, 3.63) is 56.8 Å². The summed E-state index contributed by atoms with van der Waals surface area (Å²) in [6.45, 7) is 5.87. The number of carbonyl (C=O) groups is 1. The molecule has 1 aromatic carbocycles. The van der Waals surface area contributed by atoms with Crippen LogP contribution in [0.2, 0.25) is 10.0 Å². The van der Waals surface area contributed by atoms with Crippen molar-refractivity contribution in [3.63, 3.8) is 0 Å². The normalized spacial score (nSPS) is 17.7. The molecule has 2 aromatic rings. The Hall–Kier alpha value is -2.35. The van der Waals surface area contributed by atoms with Gasteiger partial charge in [0.25, 0.3) is 5.91 Å². The number of amidine groups is 2. The molecule has 1 aromatic heterocycles. The first-order valence-corrected chi connectivity index (χ1v) is 10.5. The van der Waals surface area contributed by atoms with Gasteiger partial charge in [-0.05, 0) is 67.9 Å². The number of aromatic nitrogens is 1. The maximum Gasteiger partial charge on any atom is 0.283 e. The summed E-state index contributed by atoms with van der Waals surface area (Å²) >= 11 is 13.7. The van der Waals surface area contributed by atoms with Crippen LogP contribution in [0.1, 0.15) is 30.3 Å². The third kappa shape index (κ3) is 3.43. The Labute approximate surface area is 182 Å². The Kier molecular flexibility index (Phi) is 5.14. The van der Waals surface area contributed by atoms with Gasteiger partial charge < -0.3 is 4.57 Å². The number of nitrogens with one attached hydrogen (secondary N) is 1. The van der Waals surface area contributed by atoms with Gasteiger partial charge in [0.05, 0.1) is 16.3 Å². The lowest BCUT2D eigenvalue weighted by Crippen LogP contribution is -2.35. The van der Waals surface area contributed by atoms with Gasteiger partial charge in [0.1, 0.15) is 5.04 Å². The van der Waals surface area contributed by atoms with E-state index in [1.807, 2.05) is 37.5 Å². The van der Waals surface area contributed by atoms with Crippen LogP contribution in [-0.2, 0) is 4.79 Å². The molecule has 1 N–H and O–H groups in total. The van der Waals surface area contributed by atoms with Crippen molar-refractivity contribution in [1.29, 1.82) is 5.41 Å². The van der Waals surface area contributed by atoms with Crippen LogP contribution in [-0.4, -0.2) is 31.5 Å². The number of carbonyl (C=O) groups excluding carboxylic acids is 1. The lowest BCUT2D eigenvalue weighted by molar-refractivity contribution is -0.114. The number of hydrazone groups is 1. The number of rotatable bonds is 3. The second-order valence-corrected chi connectivity index (χ2v) is 8.51. The van der Waals surface area contributed by atoms with Crippen LogP contribution in [0.4, 0.5) is 0 Å². The number of hydrogen-bond donors (Lipinski definition) is 1. The highest BCUT2D eigenvalue weighted by molar-refractivity contribution is 8.26. The first-order chi connectivity index (χ1) is 13.8. The van der Waals surface area contributed by atoms with E-state index in [2.05, 4.69) is 10.1 Å². The van der Waals surface area contributed by atoms with E-state index >= 15 is 0 Å². The number of amides is 1. The minimum atomic E-state index is -0.435. The molecule has 9 heteroatoms. The predicted octanol–water partition coefficient (Wildman–Crippen LogP) is 5.43. The Morgan fingerprint density at radius 3 is 2.69 bits per heavy atom. The van der Waals surface area contributed by atoms with Crippen LogP contribution in [0.5, 0.6) is 0 Å². The standard InChI is InChI=1S/C20H17Cl2N5OS/c1-4-17-25-27-18(23)14(19(28)24-20(27)29-17)8-12-7-10(2)26(11(12)3)16-6-5-13(21)9-15(16)22/h5-9,23H,4H2,1-3H3/b14-8+,23-18?. The number of halogens is 2. The molecule has 2 aliphatic heterocycles. The van der Waals surface area contributed by atoms with Crippen molar-refractivity contribution in [1.82, 2.24) is 9.58 Å². The Morgan fingerprint density at radius 1 is 1.24 bits per heavy atom. The zero-order valence-corrected chi connectivity index (χ0v) is 18.3. The fourth-order valence-corrected chi connectivity index (χ4v) is 4.61. The average Bonchev–Trinajstić information content (AvgIpc) is 3.20. The highest BCUT2D eigenvalue weighted by Crippen LogP contribution is 2.32. The summed E-state index contributed by atoms with van der Waals surface area (Å²) in [6.07, 6.45) is 2.42. The van der Waals surface area contributed by atoms with E-state index in [4.69, 9.17) is 28.6 Å². The van der Waals surface area contributed by atoms with Gasteiger partial charge in [0, 0.05) is 16.4 Å².